The lowest BCUT2D eigenvalue weighted by Gasteiger charge is -2.09. The maximum Gasteiger partial charge on any atom is 0.338 e. The number of hydrogen-bond donors (Lipinski definition) is 2. The molecule has 0 saturated carbocycles. The Labute approximate surface area is 89.4 Å². The minimum Gasteiger partial charge on any atom is -0.478 e. The van der Waals surface area contributed by atoms with Crippen molar-refractivity contribution >= 4 is 23.3 Å². The van der Waals surface area contributed by atoms with Crippen LogP contribution in [-0.2, 0) is 18.0 Å². The molecule has 4 nitrogen and oxygen atoms in total. The number of carboxylic acid groups (broad SMARTS) is 1. The van der Waals surface area contributed by atoms with Crippen LogP contribution in [0.15, 0.2) is 0 Å². The second-order valence-electron chi connectivity index (χ2n) is 3.17. The summed E-state index contributed by atoms with van der Waals surface area (Å²) in [5.74, 6) is -2.16. The van der Waals surface area contributed by atoms with Crippen LogP contribution in [-0.4, -0.2) is 11.1 Å². The van der Waals surface area contributed by atoms with Crippen molar-refractivity contribution in [1.82, 2.24) is 0 Å². The number of halogens is 2. The SMILES string of the molecule is Nc1c(F)c(Cl)c2c(c1C(=O)O)COC2. The summed E-state index contributed by atoms with van der Waals surface area (Å²) in [4.78, 5) is 10.9. The molecule has 1 aromatic carbocycles. The van der Waals surface area contributed by atoms with Gasteiger partial charge in [-0.1, -0.05) is 11.6 Å². The van der Waals surface area contributed by atoms with Crippen LogP contribution in [0, 0.1) is 5.82 Å². The Balaban J connectivity index is 2.81. The molecule has 1 aliphatic rings. The number of rotatable bonds is 1. The fraction of sp³-hybridized carbons (Fsp3) is 0.222. The molecule has 6 heteroatoms. The second kappa shape index (κ2) is 3.36. The third-order valence-electron chi connectivity index (χ3n) is 2.34. The molecule has 0 atom stereocenters. The Morgan fingerprint density at radius 2 is 2.07 bits per heavy atom. The van der Waals surface area contributed by atoms with Gasteiger partial charge in [-0.15, -0.1) is 0 Å². The normalized spacial score (nSPS) is 14.0. The van der Waals surface area contributed by atoms with Crippen LogP contribution in [0.25, 0.3) is 0 Å². The van der Waals surface area contributed by atoms with Crippen molar-refractivity contribution in [1.29, 1.82) is 0 Å². The summed E-state index contributed by atoms with van der Waals surface area (Å²) in [5, 5.41) is 8.75. The predicted octanol–water partition coefficient (Wildman–Crippen LogP) is 1.79. The van der Waals surface area contributed by atoms with Gasteiger partial charge in [0.05, 0.1) is 29.5 Å². The van der Waals surface area contributed by atoms with E-state index in [-0.39, 0.29) is 23.8 Å². The van der Waals surface area contributed by atoms with Gasteiger partial charge < -0.3 is 15.6 Å². The molecule has 0 spiro atoms. The van der Waals surface area contributed by atoms with E-state index in [0.717, 1.165) is 0 Å². The molecule has 1 aromatic rings. The maximum absolute atomic E-state index is 13.4. The van der Waals surface area contributed by atoms with Crippen LogP contribution in [0.4, 0.5) is 10.1 Å². The zero-order valence-electron chi connectivity index (χ0n) is 7.51. The summed E-state index contributed by atoms with van der Waals surface area (Å²) < 4.78 is 18.5. The van der Waals surface area contributed by atoms with Gasteiger partial charge in [-0.05, 0) is 0 Å². The number of fused-ring (bicyclic) bond motifs is 1. The highest BCUT2D eigenvalue weighted by Crippen LogP contribution is 2.36. The fourth-order valence-electron chi connectivity index (χ4n) is 1.62. The first-order chi connectivity index (χ1) is 7.04. The van der Waals surface area contributed by atoms with E-state index in [1.165, 1.54) is 0 Å². The van der Waals surface area contributed by atoms with Gasteiger partial charge >= 0.3 is 5.97 Å². The first kappa shape index (κ1) is 10.2. The second-order valence-corrected chi connectivity index (χ2v) is 3.55. The summed E-state index contributed by atoms with van der Waals surface area (Å²) in [5.41, 5.74) is 5.42. The number of aromatic carboxylic acids is 1. The molecule has 1 aliphatic heterocycles. The van der Waals surface area contributed by atoms with Gasteiger partial charge in [-0.3, -0.25) is 0 Å². The van der Waals surface area contributed by atoms with Crippen LogP contribution in [0.1, 0.15) is 21.5 Å². The zero-order chi connectivity index (χ0) is 11.2. The van der Waals surface area contributed by atoms with Crippen molar-refractivity contribution in [2.45, 2.75) is 13.2 Å². The molecular formula is C9H7ClFNO3. The number of benzene rings is 1. The number of carbonyl (C=O) groups is 1. The summed E-state index contributed by atoms with van der Waals surface area (Å²) in [6, 6.07) is 0. The smallest absolute Gasteiger partial charge is 0.338 e. The lowest BCUT2D eigenvalue weighted by molar-refractivity contribution is 0.0693. The number of ether oxygens (including phenoxy) is 1. The van der Waals surface area contributed by atoms with Gasteiger partial charge in [-0.2, -0.15) is 0 Å². The molecule has 0 bridgehead atoms. The molecule has 15 heavy (non-hydrogen) atoms. The Kier molecular flexibility index (Phi) is 2.28. The zero-order valence-corrected chi connectivity index (χ0v) is 8.27. The van der Waals surface area contributed by atoms with Crippen molar-refractivity contribution in [3.05, 3.63) is 27.5 Å². The maximum atomic E-state index is 13.4. The quantitative estimate of drug-likeness (QED) is 0.723. The molecule has 0 amide bonds. The third-order valence-corrected chi connectivity index (χ3v) is 2.73. The largest absolute Gasteiger partial charge is 0.478 e. The van der Waals surface area contributed by atoms with E-state index in [1.54, 1.807) is 0 Å². The summed E-state index contributed by atoms with van der Waals surface area (Å²) in [7, 11) is 0. The van der Waals surface area contributed by atoms with Crippen molar-refractivity contribution in [3.63, 3.8) is 0 Å². The first-order valence-corrected chi connectivity index (χ1v) is 4.51. The Hall–Kier alpha value is -1.33. The van der Waals surface area contributed by atoms with Gasteiger partial charge in [0.2, 0.25) is 0 Å². The fourth-order valence-corrected chi connectivity index (χ4v) is 1.89. The van der Waals surface area contributed by atoms with E-state index in [0.29, 0.717) is 11.1 Å². The van der Waals surface area contributed by atoms with Crippen LogP contribution >= 0.6 is 11.6 Å². The number of nitrogen functional groups attached to an aromatic ring is 1. The Morgan fingerprint density at radius 3 is 2.67 bits per heavy atom. The molecule has 2 rings (SSSR count). The first-order valence-electron chi connectivity index (χ1n) is 4.13. The predicted molar refractivity (Wildman–Crippen MR) is 51.3 cm³/mol. The highest BCUT2D eigenvalue weighted by molar-refractivity contribution is 6.32. The van der Waals surface area contributed by atoms with Crippen molar-refractivity contribution in [2.24, 2.45) is 0 Å². The van der Waals surface area contributed by atoms with Gasteiger partial charge in [-0.25, -0.2) is 9.18 Å². The van der Waals surface area contributed by atoms with Crippen LogP contribution < -0.4 is 5.73 Å². The van der Waals surface area contributed by atoms with Gasteiger partial charge in [0.15, 0.2) is 5.82 Å². The minimum atomic E-state index is -1.27. The highest BCUT2D eigenvalue weighted by atomic mass is 35.5. The molecular weight excluding hydrogens is 225 g/mol. The lowest BCUT2D eigenvalue weighted by atomic mass is 10.0. The minimum absolute atomic E-state index is 0.0984. The summed E-state index contributed by atoms with van der Waals surface area (Å²) >= 11 is 5.69. The number of carboxylic acids is 1. The van der Waals surface area contributed by atoms with Crippen molar-refractivity contribution < 1.29 is 19.0 Å². The topological polar surface area (TPSA) is 72.6 Å². The van der Waals surface area contributed by atoms with Gasteiger partial charge in [0.25, 0.3) is 0 Å². The molecule has 0 saturated heterocycles. The summed E-state index contributed by atoms with van der Waals surface area (Å²) in [6.45, 7) is 0.215. The van der Waals surface area contributed by atoms with Crippen LogP contribution in [0.5, 0.6) is 0 Å². The Bertz CT molecular complexity index is 461. The number of anilines is 1. The number of hydrogen-bond acceptors (Lipinski definition) is 3. The van der Waals surface area contributed by atoms with Crippen LogP contribution in [0.3, 0.4) is 0 Å². The lowest BCUT2D eigenvalue weighted by Crippen LogP contribution is -2.10. The van der Waals surface area contributed by atoms with Gasteiger partial charge in [0.1, 0.15) is 0 Å². The summed E-state index contributed by atoms with van der Waals surface area (Å²) in [6.07, 6.45) is 0. The van der Waals surface area contributed by atoms with E-state index in [4.69, 9.17) is 27.2 Å². The molecule has 0 aromatic heterocycles. The molecule has 0 unspecified atom stereocenters. The standard InChI is InChI=1S/C9H7ClFNO3/c10-6-4-2-15-1-3(4)5(9(13)14)8(12)7(6)11/h1-2,12H2,(H,13,14). The molecule has 0 fully saturated rings. The molecule has 0 aliphatic carbocycles. The highest BCUT2D eigenvalue weighted by Gasteiger charge is 2.28. The van der Waals surface area contributed by atoms with E-state index in [9.17, 15) is 9.18 Å². The van der Waals surface area contributed by atoms with Crippen LogP contribution in [0.2, 0.25) is 5.02 Å². The average molecular weight is 232 g/mol. The third kappa shape index (κ3) is 1.35. The van der Waals surface area contributed by atoms with E-state index in [1.807, 2.05) is 0 Å². The van der Waals surface area contributed by atoms with E-state index >= 15 is 0 Å². The monoisotopic (exact) mass is 231 g/mol. The van der Waals surface area contributed by atoms with E-state index < -0.39 is 17.5 Å². The van der Waals surface area contributed by atoms with Gasteiger partial charge in [0, 0.05) is 11.1 Å². The average Bonchev–Trinajstić information content (AvgIpc) is 2.62. The van der Waals surface area contributed by atoms with E-state index in [2.05, 4.69) is 0 Å². The molecule has 1 heterocycles. The molecule has 3 N–H and O–H groups in total. The number of nitrogens with two attached hydrogens (primary N) is 1. The van der Waals surface area contributed by atoms with Crippen molar-refractivity contribution in [3.8, 4) is 0 Å². The Morgan fingerprint density at radius 1 is 1.47 bits per heavy atom. The molecule has 80 valence electrons. The van der Waals surface area contributed by atoms with Crippen molar-refractivity contribution in [2.75, 3.05) is 5.73 Å². The molecule has 0 radical (unpaired) electrons.